The number of rotatable bonds is 3. The Morgan fingerprint density at radius 2 is 1.52 bits per heavy atom. The predicted octanol–water partition coefficient (Wildman–Crippen LogP) is 5.10. The first-order valence-corrected chi connectivity index (χ1v) is 9.34. The smallest absolute Gasteiger partial charge is 0.407 e. The van der Waals surface area contributed by atoms with Gasteiger partial charge >= 0.3 is 6.09 Å². The monoisotopic (exact) mass is 335 g/mol. The first-order valence-electron chi connectivity index (χ1n) is 9.34. The minimum atomic E-state index is -0.276. The summed E-state index contributed by atoms with van der Waals surface area (Å²) < 4.78 is 5.62. The van der Waals surface area contributed by atoms with E-state index in [9.17, 15) is 4.79 Å². The van der Waals surface area contributed by atoms with Gasteiger partial charge in [-0.2, -0.15) is 0 Å². The van der Waals surface area contributed by atoms with Crippen LogP contribution in [0.1, 0.15) is 49.7 Å². The minimum absolute atomic E-state index is 0.129. The van der Waals surface area contributed by atoms with Crippen molar-refractivity contribution in [2.24, 2.45) is 5.92 Å². The molecule has 0 radical (unpaired) electrons. The summed E-state index contributed by atoms with van der Waals surface area (Å²) in [5.74, 6) is 0.907. The molecule has 4 rings (SSSR count). The van der Waals surface area contributed by atoms with Gasteiger partial charge in [0, 0.05) is 12.0 Å². The van der Waals surface area contributed by atoms with E-state index in [1.807, 2.05) is 0 Å². The summed E-state index contributed by atoms with van der Waals surface area (Å²) in [6.45, 7) is 2.67. The topological polar surface area (TPSA) is 38.3 Å². The van der Waals surface area contributed by atoms with E-state index in [4.69, 9.17) is 4.74 Å². The lowest BCUT2D eigenvalue weighted by atomic mass is 9.87. The third kappa shape index (κ3) is 3.28. The number of benzene rings is 2. The zero-order valence-electron chi connectivity index (χ0n) is 14.7. The van der Waals surface area contributed by atoms with Crippen LogP contribution in [0.3, 0.4) is 0 Å². The highest BCUT2D eigenvalue weighted by atomic mass is 16.5. The Labute approximate surface area is 149 Å². The highest BCUT2D eigenvalue weighted by Gasteiger charge is 2.29. The number of amides is 1. The van der Waals surface area contributed by atoms with Crippen LogP contribution in [0, 0.1) is 5.92 Å². The van der Waals surface area contributed by atoms with Crippen LogP contribution in [-0.2, 0) is 4.74 Å². The van der Waals surface area contributed by atoms with Gasteiger partial charge in [-0.15, -0.1) is 0 Å². The van der Waals surface area contributed by atoms with E-state index in [0.29, 0.717) is 6.61 Å². The average Bonchev–Trinajstić information content (AvgIpc) is 2.96. The summed E-state index contributed by atoms with van der Waals surface area (Å²) in [6.07, 6.45) is 4.22. The second-order valence-electron chi connectivity index (χ2n) is 7.43. The molecule has 3 nitrogen and oxygen atoms in total. The van der Waals surface area contributed by atoms with Crippen molar-refractivity contribution in [3.8, 4) is 11.1 Å². The molecule has 2 aliphatic carbocycles. The van der Waals surface area contributed by atoms with Crippen molar-refractivity contribution < 1.29 is 9.53 Å². The summed E-state index contributed by atoms with van der Waals surface area (Å²) in [4.78, 5) is 12.2. The fourth-order valence-electron chi connectivity index (χ4n) is 4.21. The number of ether oxygens (including phenoxy) is 1. The van der Waals surface area contributed by atoms with Gasteiger partial charge in [0.05, 0.1) is 0 Å². The van der Waals surface area contributed by atoms with Crippen molar-refractivity contribution in [1.82, 2.24) is 5.32 Å². The second kappa shape index (κ2) is 6.91. The molecular weight excluding hydrogens is 310 g/mol. The van der Waals surface area contributed by atoms with Crippen LogP contribution in [-0.4, -0.2) is 18.7 Å². The minimum Gasteiger partial charge on any atom is -0.449 e. The van der Waals surface area contributed by atoms with Gasteiger partial charge in [-0.3, -0.25) is 0 Å². The Bertz CT molecular complexity index is 717. The largest absolute Gasteiger partial charge is 0.449 e. The van der Waals surface area contributed by atoms with E-state index in [1.54, 1.807) is 0 Å². The molecule has 0 saturated heterocycles. The summed E-state index contributed by atoms with van der Waals surface area (Å²) in [7, 11) is 0. The molecule has 2 aromatic rings. The summed E-state index contributed by atoms with van der Waals surface area (Å²) in [5.41, 5.74) is 5.02. The van der Waals surface area contributed by atoms with Gasteiger partial charge in [-0.1, -0.05) is 55.5 Å². The number of nitrogens with one attached hydrogen (secondary N) is 1. The van der Waals surface area contributed by atoms with Gasteiger partial charge in [-0.25, -0.2) is 4.79 Å². The fraction of sp³-hybridized carbons (Fsp3) is 0.409. The maximum Gasteiger partial charge on any atom is 0.407 e. The number of alkyl carbamates (subject to hydrolysis) is 1. The lowest BCUT2D eigenvalue weighted by Crippen LogP contribution is -2.38. The summed E-state index contributed by atoms with van der Waals surface area (Å²) in [5, 5.41) is 3.05. The third-order valence-corrected chi connectivity index (χ3v) is 5.68. The molecule has 0 atom stereocenters. The van der Waals surface area contributed by atoms with Crippen LogP contribution in [0.2, 0.25) is 0 Å². The molecule has 1 amide bonds. The van der Waals surface area contributed by atoms with Crippen molar-refractivity contribution in [3.05, 3.63) is 59.7 Å². The maximum atomic E-state index is 12.2. The normalized spacial score (nSPS) is 22.1. The van der Waals surface area contributed by atoms with Gasteiger partial charge in [0.2, 0.25) is 0 Å². The SMILES string of the molecule is CC1CCC(NC(=O)OCC2c3ccccc3-c3ccccc32)CC1. The van der Waals surface area contributed by atoms with Gasteiger partial charge in [0.1, 0.15) is 6.61 Å². The zero-order valence-corrected chi connectivity index (χ0v) is 14.7. The predicted molar refractivity (Wildman–Crippen MR) is 99.6 cm³/mol. The highest BCUT2D eigenvalue weighted by Crippen LogP contribution is 2.44. The molecule has 3 heteroatoms. The Morgan fingerprint density at radius 1 is 0.960 bits per heavy atom. The first kappa shape index (κ1) is 16.2. The molecule has 1 saturated carbocycles. The standard InChI is InChI=1S/C22H25NO2/c1-15-10-12-16(13-11-15)23-22(24)25-14-21-19-8-4-2-6-17(19)18-7-3-5-9-20(18)21/h2-9,15-16,21H,10-14H2,1H3,(H,23,24). The van der Waals surface area contributed by atoms with Crippen LogP contribution in [0.5, 0.6) is 0 Å². The van der Waals surface area contributed by atoms with E-state index >= 15 is 0 Å². The Hall–Kier alpha value is -2.29. The summed E-state index contributed by atoms with van der Waals surface area (Å²) in [6, 6.07) is 17.1. The zero-order chi connectivity index (χ0) is 17.2. The molecule has 25 heavy (non-hydrogen) atoms. The van der Waals surface area contributed by atoms with Crippen molar-refractivity contribution in [1.29, 1.82) is 0 Å². The molecule has 0 spiro atoms. The molecule has 0 aromatic heterocycles. The van der Waals surface area contributed by atoms with Crippen molar-refractivity contribution in [2.45, 2.75) is 44.6 Å². The Balaban J connectivity index is 1.42. The number of carbonyl (C=O) groups is 1. The fourth-order valence-corrected chi connectivity index (χ4v) is 4.21. The highest BCUT2D eigenvalue weighted by molar-refractivity contribution is 5.79. The first-order chi connectivity index (χ1) is 12.2. The van der Waals surface area contributed by atoms with Crippen LogP contribution in [0.15, 0.2) is 48.5 Å². The maximum absolute atomic E-state index is 12.2. The number of hydrogen-bond acceptors (Lipinski definition) is 2. The van der Waals surface area contributed by atoms with E-state index in [2.05, 4.69) is 60.8 Å². The molecule has 2 aromatic carbocycles. The van der Waals surface area contributed by atoms with E-state index in [0.717, 1.165) is 18.8 Å². The number of hydrogen-bond donors (Lipinski definition) is 1. The number of fused-ring (bicyclic) bond motifs is 3. The summed E-state index contributed by atoms with van der Waals surface area (Å²) >= 11 is 0. The molecule has 1 N–H and O–H groups in total. The molecular formula is C22H25NO2. The average molecular weight is 335 g/mol. The van der Waals surface area contributed by atoms with E-state index in [1.165, 1.54) is 35.1 Å². The second-order valence-corrected chi connectivity index (χ2v) is 7.43. The molecule has 1 fully saturated rings. The Kier molecular flexibility index (Phi) is 4.48. The lowest BCUT2D eigenvalue weighted by Gasteiger charge is -2.26. The molecule has 2 aliphatic rings. The van der Waals surface area contributed by atoms with Crippen LogP contribution >= 0.6 is 0 Å². The van der Waals surface area contributed by atoms with Gasteiger partial charge in [0.25, 0.3) is 0 Å². The Morgan fingerprint density at radius 3 is 2.12 bits per heavy atom. The van der Waals surface area contributed by atoms with Crippen LogP contribution < -0.4 is 5.32 Å². The van der Waals surface area contributed by atoms with Crippen LogP contribution in [0.25, 0.3) is 11.1 Å². The van der Waals surface area contributed by atoms with E-state index in [-0.39, 0.29) is 18.1 Å². The van der Waals surface area contributed by atoms with E-state index < -0.39 is 0 Å². The quantitative estimate of drug-likeness (QED) is 0.847. The van der Waals surface area contributed by atoms with Crippen molar-refractivity contribution >= 4 is 6.09 Å². The molecule has 0 bridgehead atoms. The number of carbonyl (C=O) groups excluding carboxylic acids is 1. The van der Waals surface area contributed by atoms with Crippen LogP contribution in [0.4, 0.5) is 4.79 Å². The van der Waals surface area contributed by atoms with Crippen molar-refractivity contribution in [2.75, 3.05) is 6.61 Å². The molecule has 0 aliphatic heterocycles. The molecule has 0 unspecified atom stereocenters. The third-order valence-electron chi connectivity index (χ3n) is 5.68. The molecule has 130 valence electrons. The van der Waals surface area contributed by atoms with Gasteiger partial charge in [0.15, 0.2) is 0 Å². The van der Waals surface area contributed by atoms with Gasteiger partial charge in [-0.05, 0) is 53.9 Å². The lowest BCUT2D eigenvalue weighted by molar-refractivity contribution is 0.135. The molecule has 0 heterocycles. The van der Waals surface area contributed by atoms with Crippen molar-refractivity contribution in [3.63, 3.8) is 0 Å². The van der Waals surface area contributed by atoms with Gasteiger partial charge < -0.3 is 10.1 Å².